The van der Waals surface area contributed by atoms with Crippen molar-refractivity contribution in [3.8, 4) is 5.69 Å². The molecule has 2 saturated heterocycles. The lowest BCUT2D eigenvalue weighted by atomic mass is 10.2. The minimum Gasteiger partial charge on any atom is -0.475 e. The summed E-state index contributed by atoms with van der Waals surface area (Å²) in [6.45, 7) is 8.05. The van der Waals surface area contributed by atoms with Gasteiger partial charge in [0.25, 0.3) is 5.91 Å². The Labute approximate surface area is 240 Å². The molecule has 2 aliphatic rings. The second-order valence-electron chi connectivity index (χ2n) is 9.33. The van der Waals surface area contributed by atoms with Crippen molar-refractivity contribution >= 4 is 29.1 Å². The van der Waals surface area contributed by atoms with Gasteiger partial charge in [-0.2, -0.15) is 18.3 Å². The smallest absolute Gasteiger partial charge is 0.475 e. The van der Waals surface area contributed by atoms with E-state index in [0.717, 1.165) is 70.5 Å². The average molecular weight is 592 g/mol. The zero-order valence-corrected chi connectivity index (χ0v) is 22.7. The number of alkyl halides is 3. The van der Waals surface area contributed by atoms with Crippen LogP contribution in [0.2, 0.25) is 0 Å². The number of amides is 1. The van der Waals surface area contributed by atoms with Crippen molar-refractivity contribution in [2.75, 3.05) is 75.9 Å². The second-order valence-corrected chi connectivity index (χ2v) is 9.33. The average Bonchev–Trinajstić information content (AvgIpc) is 3.49. The molecule has 0 saturated carbocycles. The molecule has 0 aliphatic carbocycles. The Hall–Kier alpha value is -4.21. The Bertz CT molecular complexity index is 1310. The molecule has 5 rings (SSSR count). The maximum Gasteiger partial charge on any atom is 0.490 e. The Morgan fingerprint density at radius 3 is 2.21 bits per heavy atom. The summed E-state index contributed by atoms with van der Waals surface area (Å²) in [6, 6.07) is 13.8. The summed E-state index contributed by atoms with van der Waals surface area (Å²) in [5.41, 5.74) is 3.34. The van der Waals surface area contributed by atoms with E-state index in [1.807, 2.05) is 24.3 Å². The van der Waals surface area contributed by atoms with Gasteiger partial charge in [-0.1, -0.05) is 0 Å². The van der Waals surface area contributed by atoms with E-state index in [-0.39, 0.29) is 5.91 Å². The number of ether oxygens (including phenoxy) is 2. The molecular weight excluding hydrogens is 559 g/mol. The molecule has 0 bridgehead atoms. The molecule has 3 aromatic rings. The van der Waals surface area contributed by atoms with Crippen molar-refractivity contribution < 1.29 is 37.3 Å². The van der Waals surface area contributed by atoms with Gasteiger partial charge in [0, 0.05) is 69.1 Å². The standard InChI is InChI=1S/C25H31N7O3.C2HF3O2/c33-25(27-8-10-30-11-15-34-16-12-30)23-6-9-32(29-23)22-5-7-26-24(19-22)28-20-1-3-21(4-2-20)31-13-17-35-18-14-31;3-2(4,5)1(6)7/h1-7,9,19H,8,10-18H2,(H,26,28)(H,27,33);(H,6,7). The summed E-state index contributed by atoms with van der Waals surface area (Å²) >= 11 is 0. The topological polar surface area (TPSA) is 134 Å². The predicted molar refractivity (Wildman–Crippen MR) is 147 cm³/mol. The molecule has 15 heteroatoms. The van der Waals surface area contributed by atoms with Crippen LogP contribution in [0.3, 0.4) is 0 Å². The normalized spacial score (nSPS) is 15.8. The Morgan fingerprint density at radius 2 is 1.57 bits per heavy atom. The van der Waals surface area contributed by atoms with Crippen molar-refractivity contribution in [3.63, 3.8) is 0 Å². The maximum atomic E-state index is 12.5. The van der Waals surface area contributed by atoms with Gasteiger partial charge in [0.15, 0.2) is 5.69 Å². The van der Waals surface area contributed by atoms with Crippen molar-refractivity contribution in [2.45, 2.75) is 6.18 Å². The molecule has 1 aromatic carbocycles. The van der Waals surface area contributed by atoms with E-state index in [1.165, 1.54) is 5.69 Å². The molecule has 1 amide bonds. The van der Waals surface area contributed by atoms with Crippen LogP contribution in [0.1, 0.15) is 10.5 Å². The number of carboxylic acids is 1. The first-order valence-corrected chi connectivity index (χ1v) is 13.3. The predicted octanol–water partition coefficient (Wildman–Crippen LogP) is 2.54. The van der Waals surface area contributed by atoms with Crippen molar-refractivity contribution in [1.82, 2.24) is 25.0 Å². The fourth-order valence-corrected chi connectivity index (χ4v) is 4.19. The number of hydrogen-bond acceptors (Lipinski definition) is 9. The van der Waals surface area contributed by atoms with Crippen molar-refractivity contribution in [3.05, 3.63) is 60.6 Å². The highest BCUT2D eigenvalue weighted by Gasteiger charge is 2.38. The van der Waals surface area contributed by atoms with Gasteiger partial charge in [0.2, 0.25) is 0 Å². The number of carbonyl (C=O) groups excluding carboxylic acids is 1. The summed E-state index contributed by atoms with van der Waals surface area (Å²) in [4.78, 5) is 30.4. The fourth-order valence-electron chi connectivity index (χ4n) is 4.19. The van der Waals surface area contributed by atoms with E-state index in [2.05, 4.69) is 42.6 Å². The summed E-state index contributed by atoms with van der Waals surface area (Å²) in [6.07, 6.45) is -1.57. The third-order valence-corrected chi connectivity index (χ3v) is 6.41. The molecule has 12 nitrogen and oxygen atoms in total. The van der Waals surface area contributed by atoms with E-state index < -0.39 is 12.1 Å². The molecule has 2 fully saturated rings. The first-order valence-electron chi connectivity index (χ1n) is 13.3. The zero-order chi connectivity index (χ0) is 30.0. The Morgan fingerprint density at radius 1 is 0.929 bits per heavy atom. The molecule has 42 heavy (non-hydrogen) atoms. The minimum atomic E-state index is -5.08. The second kappa shape index (κ2) is 14.6. The number of nitrogens with one attached hydrogen (secondary N) is 2. The Balaban J connectivity index is 0.000000517. The van der Waals surface area contributed by atoms with E-state index in [9.17, 15) is 18.0 Å². The van der Waals surface area contributed by atoms with Gasteiger partial charge in [-0.05, 0) is 36.4 Å². The van der Waals surface area contributed by atoms with Gasteiger partial charge in [0.05, 0.1) is 32.1 Å². The molecule has 2 aromatic heterocycles. The first-order chi connectivity index (χ1) is 20.2. The van der Waals surface area contributed by atoms with Gasteiger partial charge in [-0.25, -0.2) is 14.5 Å². The van der Waals surface area contributed by atoms with Crippen LogP contribution in [0.15, 0.2) is 54.9 Å². The van der Waals surface area contributed by atoms with E-state index in [1.54, 1.807) is 23.1 Å². The number of hydrogen-bond donors (Lipinski definition) is 3. The molecule has 0 radical (unpaired) electrons. The van der Waals surface area contributed by atoms with Gasteiger partial charge in [-0.15, -0.1) is 0 Å². The minimum absolute atomic E-state index is 0.176. The molecule has 226 valence electrons. The number of nitrogens with zero attached hydrogens (tertiary/aromatic N) is 5. The number of halogens is 3. The summed E-state index contributed by atoms with van der Waals surface area (Å²) in [5.74, 6) is -2.23. The molecular formula is C27H32F3N7O5. The molecule has 0 spiro atoms. The highest BCUT2D eigenvalue weighted by Crippen LogP contribution is 2.22. The number of rotatable bonds is 8. The molecule has 2 aliphatic heterocycles. The number of morpholine rings is 2. The molecule has 0 atom stereocenters. The number of aromatic nitrogens is 3. The SMILES string of the molecule is O=C(NCCN1CCOCC1)c1ccn(-c2ccnc(Nc3ccc(N4CCOCC4)cc3)c2)n1.O=C(O)C(F)(F)F. The number of carboxylic acid groups (broad SMARTS) is 1. The largest absolute Gasteiger partial charge is 0.490 e. The van der Waals surface area contributed by atoms with Gasteiger partial charge in [-0.3, -0.25) is 9.69 Å². The summed E-state index contributed by atoms with van der Waals surface area (Å²) in [7, 11) is 0. The van der Waals surface area contributed by atoms with Crippen LogP contribution in [0, 0.1) is 0 Å². The van der Waals surface area contributed by atoms with Crippen LogP contribution in [0.25, 0.3) is 5.69 Å². The zero-order valence-electron chi connectivity index (χ0n) is 22.7. The van der Waals surface area contributed by atoms with Crippen LogP contribution < -0.4 is 15.5 Å². The summed E-state index contributed by atoms with van der Waals surface area (Å²) < 4.78 is 44.2. The van der Waals surface area contributed by atoms with Crippen molar-refractivity contribution in [1.29, 1.82) is 0 Å². The Kier molecular flexibility index (Phi) is 10.7. The lowest BCUT2D eigenvalue weighted by molar-refractivity contribution is -0.192. The van der Waals surface area contributed by atoms with Crippen LogP contribution in [-0.4, -0.2) is 109 Å². The molecule has 4 heterocycles. The third kappa shape index (κ3) is 9.15. The molecule has 0 unspecified atom stereocenters. The quantitative estimate of drug-likeness (QED) is 0.359. The number of anilines is 3. The summed E-state index contributed by atoms with van der Waals surface area (Å²) in [5, 5.41) is 17.9. The van der Waals surface area contributed by atoms with Crippen LogP contribution in [0.5, 0.6) is 0 Å². The molecule has 3 N–H and O–H groups in total. The monoisotopic (exact) mass is 591 g/mol. The van der Waals surface area contributed by atoms with E-state index in [4.69, 9.17) is 19.4 Å². The lowest BCUT2D eigenvalue weighted by Crippen LogP contribution is -2.41. The highest BCUT2D eigenvalue weighted by atomic mass is 19.4. The maximum absolute atomic E-state index is 12.5. The van der Waals surface area contributed by atoms with Gasteiger partial charge < -0.3 is 30.1 Å². The first kappa shape index (κ1) is 30.7. The third-order valence-electron chi connectivity index (χ3n) is 6.41. The van der Waals surface area contributed by atoms with Gasteiger partial charge >= 0.3 is 12.1 Å². The number of pyridine rings is 1. The lowest BCUT2D eigenvalue weighted by Gasteiger charge is -2.28. The van der Waals surface area contributed by atoms with E-state index in [0.29, 0.717) is 18.1 Å². The number of carbonyl (C=O) groups is 2. The van der Waals surface area contributed by atoms with Gasteiger partial charge in [0.1, 0.15) is 5.82 Å². The van der Waals surface area contributed by atoms with Crippen LogP contribution >= 0.6 is 0 Å². The number of aliphatic carboxylic acids is 1. The fraction of sp³-hybridized carbons (Fsp3) is 0.407. The number of benzene rings is 1. The van der Waals surface area contributed by atoms with E-state index >= 15 is 0 Å². The van der Waals surface area contributed by atoms with Crippen LogP contribution in [-0.2, 0) is 14.3 Å². The van der Waals surface area contributed by atoms with Crippen molar-refractivity contribution in [2.24, 2.45) is 0 Å². The highest BCUT2D eigenvalue weighted by molar-refractivity contribution is 5.92. The van der Waals surface area contributed by atoms with Crippen LogP contribution in [0.4, 0.5) is 30.4 Å².